The van der Waals surface area contributed by atoms with E-state index < -0.39 is 0 Å². The maximum atomic E-state index is 12.3. The first-order valence-corrected chi connectivity index (χ1v) is 9.44. The summed E-state index contributed by atoms with van der Waals surface area (Å²) in [6.07, 6.45) is 3.77. The quantitative estimate of drug-likeness (QED) is 0.801. The van der Waals surface area contributed by atoms with E-state index in [2.05, 4.69) is 41.1 Å². The van der Waals surface area contributed by atoms with Crippen molar-refractivity contribution < 1.29 is 14.3 Å². The van der Waals surface area contributed by atoms with Gasteiger partial charge in [-0.15, -0.1) is 0 Å². The highest BCUT2D eigenvalue weighted by atomic mass is 16.5. The molecular weight excluding hydrogens is 328 g/mol. The number of benzene rings is 1. The Hall–Kier alpha value is -2.27. The van der Waals surface area contributed by atoms with E-state index >= 15 is 0 Å². The molecular formula is C21H24N2O3. The molecule has 26 heavy (non-hydrogen) atoms. The first-order chi connectivity index (χ1) is 12.7. The van der Waals surface area contributed by atoms with Gasteiger partial charge in [0.2, 0.25) is 0 Å². The van der Waals surface area contributed by atoms with Gasteiger partial charge in [-0.25, -0.2) is 4.79 Å². The van der Waals surface area contributed by atoms with Crippen molar-refractivity contribution in [3.63, 3.8) is 0 Å². The Morgan fingerprint density at radius 2 is 2.19 bits per heavy atom. The van der Waals surface area contributed by atoms with Gasteiger partial charge in [0.15, 0.2) is 0 Å². The second kappa shape index (κ2) is 5.88. The molecule has 0 saturated carbocycles. The number of methoxy groups -OCH3 is 1. The van der Waals surface area contributed by atoms with Gasteiger partial charge in [-0.05, 0) is 31.4 Å². The third-order valence-corrected chi connectivity index (χ3v) is 6.54. The molecule has 0 amide bonds. The zero-order valence-corrected chi connectivity index (χ0v) is 15.2. The normalized spacial score (nSPS) is 30.6. The van der Waals surface area contributed by atoms with E-state index in [9.17, 15) is 4.79 Å². The Morgan fingerprint density at radius 1 is 1.35 bits per heavy atom. The Bertz CT molecular complexity index is 900. The summed E-state index contributed by atoms with van der Waals surface area (Å²) in [6.45, 7) is 4.13. The number of hydrogen-bond donors (Lipinski definition) is 1. The Balaban J connectivity index is 1.55. The lowest BCUT2D eigenvalue weighted by atomic mass is 9.72. The topological polar surface area (TPSA) is 54.6 Å². The maximum absolute atomic E-state index is 12.3. The van der Waals surface area contributed by atoms with Crippen molar-refractivity contribution in [3.05, 3.63) is 47.4 Å². The van der Waals surface area contributed by atoms with E-state index in [4.69, 9.17) is 9.47 Å². The largest absolute Gasteiger partial charge is 0.497 e. The molecule has 3 aliphatic rings. The van der Waals surface area contributed by atoms with Crippen molar-refractivity contribution in [2.45, 2.75) is 31.9 Å². The Morgan fingerprint density at radius 3 is 3.04 bits per heavy atom. The van der Waals surface area contributed by atoms with E-state index in [0.717, 1.165) is 25.9 Å². The molecule has 3 aliphatic heterocycles. The van der Waals surface area contributed by atoms with Crippen LogP contribution in [0.2, 0.25) is 0 Å². The van der Waals surface area contributed by atoms with Crippen LogP contribution in [-0.4, -0.2) is 42.2 Å². The first-order valence-electron chi connectivity index (χ1n) is 9.44. The fourth-order valence-corrected chi connectivity index (χ4v) is 5.19. The van der Waals surface area contributed by atoms with E-state index in [1.54, 1.807) is 6.26 Å². The SMILES string of the molecule is COC(=O)C1=CO[C@H](C)C2CN3CCc4c([nH]c5ccccc45)[C@H]3C[C@@H]12. The highest BCUT2D eigenvalue weighted by Gasteiger charge is 2.46. The third-order valence-electron chi connectivity index (χ3n) is 6.54. The standard InChI is InChI=1S/C21H24N2O3/c1-12-16-10-23-8-7-14-13-5-3-4-6-18(13)22-20(14)19(23)9-15(16)17(11-26-12)21(24)25-2/h3-6,11-12,15-16,19,22H,7-10H2,1-2H3/t12-,15-,16?,19-/m1/s1. The first kappa shape index (κ1) is 15.9. The van der Waals surface area contributed by atoms with Crippen molar-refractivity contribution in [1.29, 1.82) is 0 Å². The minimum absolute atomic E-state index is 0.124. The number of hydrogen-bond acceptors (Lipinski definition) is 4. The molecule has 1 aromatic heterocycles. The number of ether oxygens (including phenoxy) is 2. The molecule has 136 valence electrons. The number of fused-ring (bicyclic) bond motifs is 6. The lowest BCUT2D eigenvalue weighted by molar-refractivity contribution is -0.139. The highest BCUT2D eigenvalue weighted by Crippen LogP contribution is 2.47. The molecule has 4 heterocycles. The number of para-hydroxylation sites is 1. The molecule has 1 fully saturated rings. The molecule has 5 rings (SSSR count). The van der Waals surface area contributed by atoms with Crippen LogP contribution in [0, 0.1) is 11.8 Å². The number of piperidine rings is 1. The summed E-state index contributed by atoms with van der Waals surface area (Å²) in [7, 11) is 1.45. The van der Waals surface area contributed by atoms with Gasteiger partial charge in [-0.3, -0.25) is 4.90 Å². The van der Waals surface area contributed by atoms with Gasteiger partial charge in [0.1, 0.15) is 0 Å². The number of nitrogens with zero attached hydrogens (tertiary/aromatic N) is 1. The predicted octanol–water partition coefficient (Wildman–Crippen LogP) is 3.18. The van der Waals surface area contributed by atoms with Gasteiger partial charge < -0.3 is 14.5 Å². The number of rotatable bonds is 1. The van der Waals surface area contributed by atoms with Gasteiger partial charge >= 0.3 is 5.97 Å². The number of aromatic amines is 1. The van der Waals surface area contributed by atoms with E-state index in [1.807, 2.05) is 0 Å². The van der Waals surface area contributed by atoms with Gasteiger partial charge in [0.05, 0.1) is 31.1 Å². The van der Waals surface area contributed by atoms with Gasteiger partial charge in [-0.1, -0.05) is 18.2 Å². The van der Waals surface area contributed by atoms with E-state index in [-0.39, 0.29) is 18.0 Å². The molecule has 5 nitrogen and oxygen atoms in total. The number of carbonyl (C=O) groups excluding carboxylic acids is 1. The average Bonchev–Trinajstić information content (AvgIpc) is 3.06. The molecule has 0 aliphatic carbocycles. The zero-order chi connectivity index (χ0) is 17.8. The second-order valence-electron chi connectivity index (χ2n) is 7.74. The number of esters is 1. The van der Waals surface area contributed by atoms with Crippen molar-refractivity contribution in [1.82, 2.24) is 9.88 Å². The van der Waals surface area contributed by atoms with Crippen LogP contribution in [0.15, 0.2) is 36.1 Å². The molecule has 0 bridgehead atoms. The van der Waals surface area contributed by atoms with Crippen LogP contribution in [0.3, 0.4) is 0 Å². The molecule has 0 spiro atoms. The molecule has 1 N–H and O–H groups in total. The van der Waals surface area contributed by atoms with Crippen molar-refractivity contribution in [2.75, 3.05) is 20.2 Å². The smallest absolute Gasteiger partial charge is 0.337 e. The third kappa shape index (κ3) is 2.23. The number of aromatic nitrogens is 1. The molecule has 2 aromatic rings. The van der Waals surface area contributed by atoms with E-state index in [0.29, 0.717) is 17.5 Å². The van der Waals surface area contributed by atoms with Crippen LogP contribution in [0.5, 0.6) is 0 Å². The Labute approximate surface area is 153 Å². The van der Waals surface area contributed by atoms with Crippen LogP contribution in [0.25, 0.3) is 10.9 Å². The molecule has 5 heteroatoms. The minimum Gasteiger partial charge on any atom is -0.497 e. The number of nitrogens with one attached hydrogen (secondary N) is 1. The molecule has 1 saturated heterocycles. The summed E-state index contributed by atoms with van der Waals surface area (Å²) in [5, 5.41) is 1.34. The molecule has 0 radical (unpaired) electrons. The van der Waals surface area contributed by atoms with Crippen LogP contribution < -0.4 is 0 Å². The fraction of sp³-hybridized carbons (Fsp3) is 0.476. The van der Waals surface area contributed by atoms with Crippen LogP contribution in [-0.2, 0) is 20.7 Å². The van der Waals surface area contributed by atoms with E-state index in [1.165, 1.54) is 29.3 Å². The monoisotopic (exact) mass is 352 g/mol. The number of carbonyl (C=O) groups is 1. The van der Waals surface area contributed by atoms with Crippen molar-refractivity contribution >= 4 is 16.9 Å². The van der Waals surface area contributed by atoms with Gasteiger partial charge in [0.25, 0.3) is 0 Å². The summed E-state index contributed by atoms with van der Waals surface area (Å²) < 4.78 is 10.8. The van der Waals surface area contributed by atoms with Gasteiger partial charge in [-0.2, -0.15) is 0 Å². The summed E-state index contributed by atoms with van der Waals surface area (Å²) in [5.74, 6) is 0.258. The summed E-state index contributed by atoms with van der Waals surface area (Å²) >= 11 is 0. The summed E-state index contributed by atoms with van der Waals surface area (Å²) in [4.78, 5) is 18.5. The second-order valence-corrected chi connectivity index (χ2v) is 7.74. The summed E-state index contributed by atoms with van der Waals surface area (Å²) in [5.41, 5.74) is 4.69. The predicted molar refractivity (Wildman–Crippen MR) is 98.6 cm³/mol. The average molecular weight is 352 g/mol. The van der Waals surface area contributed by atoms with Gasteiger partial charge in [0, 0.05) is 41.5 Å². The van der Waals surface area contributed by atoms with Crippen LogP contribution in [0.4, 0.5) is 0 Å². The molecule has 1 unspecified atom stereocenters. The number of H-pyrrole nitrogens is 1. The Kier molecular flexibility index (Phi) is 3.60. The molecule has 4 atom stereocenters. The van der Waals surface area contributed by atoms with Crippen molar-refractivity contribution in [2.24, 2.45) is 11.8 Å². The molecule has 1 aromatic carbocycles. The highest BCUT2D eigenvalue weighted by molar-refractivity contribution is 5.89. The van der Waals surface area contributed by atoms with Crippen LogP contribution >= 0.6 is 0 Å². The van der Waals surface area contributed by atoms with Crippen LogP contribution in [0.1, 0.15) is 30.6 Å². The lowest BCUT2D eigenvalue weighted by Crippen LogP contribution is -2.51. The maximum Gasteiger partial charge on any atom is 0.337 e. The fourth-order valence-electron chi connectivity index (χ4n) is 5.19. The lowest BCUT2D eigenvalue weighted by Gasteiger charge is -2.49. The zero-order valence-electron chi connectivity index (χ0n) is 15.2. The summed E-state index contributed by atoms with van der Waals surface area (Å²) in [6, 6.07) is 8.88. The minimum atomic E-state index is -0.256. The van der Waals surface area contributed by atoms with Crippen molar-refractivity contribution in [3.8, 4) is 0 Å².